The molecule has 5 nitrogen and oxygen atoms in total. The second kappa shape index (κ2) is 7.89. The number of amides is 2. The fourth-order valence-corrected chi connectivity index (χ4v) is 2.83. The molecule has 0 heterocycles. The van der Waals surface area contributed by atoms with E-state index in [2.05, 4.69) is 10.6 Å². The topological polar surface area (TPSA) is 78.4 Å². The Morgan fingerprint density at radius 3 is 2.38 bits per heavy atom. The number of anilines is 1. The number of urea groups is 1. The van der Waals surface area contributed by atoms with Gasteiger partial charge in [0.1, 0.15) is 6.04 Å². The third kappa shape index (κ3) is 4.32. The van der Waals surface area contributed by atoms with E-state index in [0.717, 1.165) is 16.3 Å². The zero-order valence-corrected chi connectivity index (χ0v) is 14.5. The number of nitrogens with one attached hydrogen (secondary N) is 2. The molecule has 3 N–H and O–H groups in total. The molecule has 0 aromatic heterocycles. The monoisotopic (exact) mass is 368 g/mol. The Labute approximate surface area is 155 Å². The van der Waals surface area contributed by atoms with Crippen LogP contribution in [-0.4, -0.2) is 23.1 Å². The highest BCUT2D eigenvalue weighted by molar-refractivity contribution is 6.30. The van der Waals surface area contributed by atoms with E-state index in [1.807, 2.05) is 36.4 Å². The lowest BCUT2D eigenvalue weighted by atomic mass is 10.1. The Morgan fingerprint density at radius 1 is 0.962 bits per heavy atom. The third-order valence-corrected chi connectivity index (χ3v) is 4.25. The highest BCUT2D eigenvalue weighted by atomic mass is 35.5. The molecule has 26 heavy (non-hydrogen) atoms. The number of benzene rings is 3. The minimum Gasteiger partial charge on any atom is -0.480 e. The first-order valence-corrected chi connectivity index (χ1v) is 8.43. The number of fused-ring (bicyclic) bond motifs is 1. The van der Waals surface area contributed by atoms with Crippen molar-refractivity contribution in [2.45, 2.75) is 12.5 Å². The molecule has 0 spiro atoms. The van der Waals surface area contributed by atoms with Crippen LogP contribution < -0.4 is 10.6 Å². The number of carbonyl (C=O) groups excluding carboxylic acids is 1. The van der Waals surface area contributed by atoms with Crippen molar-refractivity contribution in [1.29, 1.82) is 0 Å². The van der Waals surface area contributed by atoms with Gasteiger partial charge in [-0.15, -0.1) is 0 Å². The van der Waals surface area contributed by atoms with E-state index < -0.39 is 18.0 Å². The minimum atomic E-state index is -1.10. The fourth-order valence-electron chi connectivity index (χ4n) is 2.71. The van der Waals surface area contributed by atoms with Gasteiger partial charge in [0.15, 0.2) is 0 Å². The molecular weight excluding hydrogens is 352 g/mol. The van der Waals surface area contributed by atoms with Crippen LogP contribution in [-0.2, 0) is 11.2 Å². The van der Waals surface area contributed by atoms with E-state index in [-0.39, 0.29) is 6.42 Å². The second-order valence-corrected chi connectivity index (χ2v) is 6.28. The standard InChI is InChI=1S/C20H17ClN2O3/c21-15-10-8-13(9-11-15)12-18(19(24)25)23-20(26)22-17-7-3-5-14-4-1-2-6-16(14)17/h1-11,18H,12H2,(H,24,25)(H2,22,23,26)/t18-/m1/s1. The molecule has 0 aliphatic carbocycles. The van der Waals surface area contributed by atoms with Gasteiger partial charge in [-0.05, 0) is 29.1 Å². The summed E-state index contributed by atoms with van der Waals surface area (Å²) in [6, 6.07) is 18.4. The fraction of sp³-hybridized carbons (Fsp3) is 0.100. The first-order valence-electron chi connectivity index (χ1n) is 8.05. The predicted octanol–water partition coefficient (Wildman–Crippen LogP) is 4.31. The van der Waals surface area contributed by atoms with Crippen molar-refractivity contribution in [3.05, 3.63) is 77.3 Å². The molecule has 132 valence electrons. The number of aliphatic carboxylic acids is 1. The smallest absolute Gasteiger partial charge is 0.326 e. The van der Waals surface area contributed by atoms with Gasteiger partial charge in [0.2, 0.25) is 0 Å². The molecular formula is C20H17ClN2O3. The Morgan fingerprint density at radius 2 is 1.65 bits per heavy atom. The maximum atomic E-state index is 12.3. The number of hydrogen-bond acceptors (Lipinski definition) is 2. The lowest BCUT2D eigenvalue weighted by Gasteiger charge is -2.16. The molecule has 6 heteroatoms. The van der Waals surface area contributed by atoms with Crippen LogP contribution in [0, 0.1) is 0 Å². The van der Waals surface area contributed by atoms with Gasteiger partial charge in [-0.1, -0.05) is 60.1 Å². The molecule has 3 aromatic rings. The van der Waals surface area contributed by atoms with Gasteiger partial charge in [0, 0.05) is 16.8 Å². The van der Waals surface area contributed by atoms with E-state index in [1.54, 1.807) is 30.3 Å². The summed E-state index contributed by atoms with van der Waals surface area (Å²) in [6.45, 7) is 0. The maximum Gasteiger partial charge on any atom is 0.326 e. The maximum absolute atomic E-state index is 12.3. The highest BCUT2D eigenvalue weighted by Crippen LogP contribution is 2.22. The first-order chi connectivity index (χ1) is 12.5. The van der Waals surface area contributed by atoms with Crippen LogP contribution >= 0.6 is 11.6 Å². The molecule has 1 atom stereocenters. The predicted molar refractivity (Wildman–Crippen MR) is 103 cm³/mol. The quantitative estimate of drug-likeness (QED) is 0.627. The van der Waals surface area contributed by atoms with Crippen LogP contribution in [0.1, 0.15) is 5.56 Å². The number of halogens is 1. The van der Waals surface area contributed by atoms with Crippen molar-refractivity contribution in [3.8, 4) is 0 Å². The van der Waals surface area contributed by atoms with Crippen LogP contribution in [0.15, 0.2) is 66.7 Å². The minimum absolute atomic E-state index is 0.162. The average Bonchev–Trinajstić information content (AvgIpc) is 2.63. The van der Waals surface area contributed by atoms with E-state index in [9.17, 15) is 14.7 Å². The molecule has 0 aliphatic rings. The molecule has 3 aromatic carbocycles. The number of carbonyl (C=O) groups is 2. The summed E-state index contributed by atoms with van der Waals surface area (Å²) in [5.41, 5.74) is 1.39. The van der Waals surface area contributed by atoms with Gasteiger partial charge in [-0.25, -0.2) is 9.59 Å². The molecule has 0 fully saturated rings. The SMILES string of the molecule is O=C(Nc1cccc2ccccc12)N[C@H](Cc1ccc(Cl)cc1)C(=O)O. The molecule has 0 unspecified atom stereocenters. The van der Waals surface area contributed by atoms with Crippen molar-refractivity contribution < 1.29 is 14.7 Å². The van der Waals surface area contributed by atoms with Crippen LogP contribution in [0.5, 0.6) is 0 Å². The van der Waals surface area contributed by atoms with Crippen LogP contribution in [0.4, 0.5) is 10.5 Å². The van der Waals surface area contributed by atoms with Crippen molar-refractivity contribution >= 4 is 40.1 Å². The number of hydrogen-bond donors (Lipinski definition) is 3. The van der Waals surface area contributed by atoms with Crippen LogP contribution in [0.2, 0.25) is 5.02 Å². The molecule has 2 amide bonds. The van der Waals surface area contributed by atoms with Crippen molar-refractivity contribution in [2.24, 2.45) is 0 Å². The van der Waals surface area contributed by atoms with E-state index in [1.165, 1.54) is 0 Å². The van der Waals surface area contributed by atoms with Crippen molar-refractivity contribution in [2.75, 3.05) is 5.32 Å². The van der Waals surface area contributed by atoms with E-state index >= 15 is 0 Å². The summed E-state index contributed by atoms with van der Waals surface area (Å²) in [6.07, 6.45) is 0.162. The number of carboxylic acids is 1. The highest BCUT2D eigenvalue weighted by Gasteiger charge is 2.20. The Balaban J connectivity index is 1.71. The van der Waals surface area contributed by atoms with Crippen LogP contribution in [0.25, 0.3) is 10.8 Å². The molecule has 0 radical (unpaired) electrons. The first kappa shape index (κ1) is 17.8. The normalized spacial score (nSPS) is 11.7. The molecule has 0 bridgehead atoms. The Kier molecular flexibility index (Phi) is 5.39. The summed E-state index contributed by atoms with van der Waals surface area (Å²) < 4.78 is 0. The van der Waals surface area contributed by atoms with Gasteiger partial charge < -0.3 is 15.7 Å². The van der Waals surface area contributed by atoms with E-state index in [0.29, 0.717) is 10.7 Å². The lowest BCUT2D eigenvalue weighted by Crippen LogP contribution is -2.44. The second-order valence-electron chi connectivity index (χ2n) is 5.85. The molecule has 0 saturated heterocycles. The van der Waals surface area contributed by atoms with Gasteiger partial charge >= 0.3 is 12.0 Å². The van der Waals surface area contributed by atoms with Gasteiger partial charge in [0.05, 0.1) is 5.69 Å². The van der Waals surface area contributed by atoms with Crippen LogP contribution in [0.3, 0.4) is 0 Å². The van der Waals surface area contributed by atoms with Crippen molar-refractivity contribution in [1.82, 2.24) is 5.32 Å². The Hall–Kier alpha value is -3.05. The molecule has 0 aliphatic heterocycles. The largest absolute Gasteiger partial charge is 0.480 e. The van der Waals surface area contributed by atoms with Gasteiger partial charge in [-0.2, -0.15) is 0 Å². The average molecular weight is 369 g/mol. The van der Waals surface area contributed by atoms with E-state index in [4.69, 9.17) is 11.6 Å². The van der Waals surface area contributed by atoms with Crippen molar-refractivity contribution in [3.63, 3.8) is 0 Å². The zero-order valence-electron chi connectivity index (χ0n) is 13.8. The lowest BCUT2D eigenvalue weighted by molar-refractivity contribution is -0.139. The van der Waals surface area contributed by atoms with Gasteiger partial charge in [0.25, 0.3) is 0 Å². The summed E-state index contributed by atoms with van der Waals surface area (Å²) in [5, 5.41) is 17.1. The number of carboxylic acid groups (broad SMARTS) is 1. The summed E-state index contributed by atoms with van der Waals surface area (Å²) in [4.78, 5) is 23.8. The molecule has 0 saturated carbocycles. The third-order valence-electron chi connectivity index (χ3n) is 3.99. The summed E-state index contributed by atoms with van der Waals surface area (Å²) in [5.74, 6) is -1.10. The summed E-state index contributed by atoms with van der Waals surface area (Å²) in [7, 11) is 0. The zero-order chi connectivity index (χ0) is 18.5. The summed E-state index contributed by atoms with van der Waals surface area (Å²) >= 11 is 5.84. The Bertz CT molecular complexity index is 936. The molecule has 3 rings (SSSR count). The number of rotatable bonds is 5. The van der Waals surface area contributed by atoms with Gasteiger partial charge in [-0.3, -0.25) is 0 Å².